The van der Waals surface area contributed by atoms with E-state index >= 15 is 0 Å². The van der Waals surface area contributed by atoms with Crippen LogP contribution in [0.2, 0.25) is 0 Å². The van der Waals surface area contributed by atoms with Gasteiger partial charge < -0.3 is 20.7 Å². The van der Waals surface area contributed by atoms with Gasteiger partial charge in [-0.2, -0.15) is 8.78 Å². The van der Waals surface area contributed by atoms with E-state index in [0.29, 0.717) is 20.9 Å². The van der Waals surface area contributed by atoms with Gasteiger partial charge in [-0.15, -0.1) is 0 Å². The molecule has 1 saturated heterocycles. The molecule has 4 atom stereocenters. The molecule has 0 bridgehead atoms. The molecule has 0 saturated carbocycles. The lowest BCUT2D eigenvalue weighted by Crippen LogP contribution is -2.62. The van der Waals surface area contributed by atoms with Crippen LogP contribution in [0.4, 0.5) is 13.6 Å². The van der Waals surface area contributed by atoms with Crippen molar-refractivity contribution in [3.8, 4) is 0 Å². The number of carbonyl (C=O) groups is 3. The van der Waals surface area contributed by atoms with Crippen molar-refractivity contribution in [2.24, 2.45) is 5.73 Å². The van der Waals surface area contributed by atoms with Crippen LogP contribution in [-0.4, -0.2) is 74.9 Å². The SMILES string of the molecule is NC1C(C(=O)/C=C/c2ccccc2)=CN([C@@H]2O[C@H](CO)[C@@H](O)C2(F)F)C(=O)N1C(=O)/C=C/c1ccccc1. The third-order valence-electron chi connectivity index (χ3n) is 6.08. The summed E-state index contributed by atoms with van der Waals surface area (Å²) in [7, 11) is 0. The second kappa shape index (κ2) is 11.2. The number of halogens is 2. The van der Waals surface area contributed by atoms with Gasteiger partial charge in [-0.25, -0.2) is 9.69 Å². The Balaban J connectivity index is 1.71. The number of nitrogens with zero attached hydrogens (tertiary/aromatic N) is 2. The lowest BCUT2D eigenvalue weighted by molar-refractivity contribution is -0.151. The number of urea groups is 1. The smallest absolute Gasteiger partial charge is 0.334 e. The highest BCUT2D eigenvalue weighted by molar-refractivity contribution is 6.11. The molecule has 0 aliphatic carbocycles. The van der Waals surface area contributed by atoms with Crippen LogP contribution < -0.4 is 5.73 Å². The molecule has 4 N–H and O–H groups in total. The van der Waals surface area contributed by atoms with Gasteiger partial charge in [0.15, 0.2) is 11.9 Å². The van der Waals surface area contributed by atoms with Gasteiger partial charge in [-0.05, 0) is 23.3 Å². The van der Waals surface area contributed by atoms with E-state index in [9.17, 15) is 33.4 Å². The standard InChI is InChI=1S/C27H25F2N3O6/c28-27(29)23(36)21(16-33)38-25(27)31-15-19(20(34)13-11-17-7-3-1-4-8-17)24(30)32(26(31)37)22(35)14-12-18-9-5-2-6-10-18/h1-15,21,23-25,33,36H,16,30H2/b13-11+,14-12+/t21-,23-,24?,25-/m1/s1. The first-order valence-corrected chi connectivity index (χ1v) is 11.6. The van der Waals surface area contributed by atoms with Gasteiger partial charge in [0.25, 0.3) is 5.91 Å². The fraction of sp³-hybridized carbons (Fsp3) is 0.222. The third-order valence-corrected chi connectivity index (χ3v) is 6.08. The Bertz CT molecular complexity index is 1280. The van der Waals surface area contributed by atoms with E-state index in [4.69, 9.17) is 10.5 Å². The molecule has 1 unspecified atom stereocenters. The molecular formula is C27H25F2N3O6. The number of rotatable bonds is 7. The van der Waals surface area contributed by atoms with Crippen molar-refractivity contribution in [2.45, 2.75) is 30.5 Å². The average Bonchev–Trinajstić information content (AvgIpc) is 3.15. The van der Waals surface area contributed by atoms with Crippen LogP contribution in [0.5, 0.6) is 0 Å². The second-order valence-electron chi connectivity index (χ2n) is 8.61. The molecule has 9 nitrogen and oxygen atoms in total. The van der Waals surface area contributed by atoms with Gasteiger partial charge in [0.05, 0.1) is 12.2 Å². The van der Waals surface area contributed by atoms with Crippen LogP contribution in [-0.2, 0) is 14.3 Å². The van der Waals surface area contributed by atoms with Crippen molar-refractivity contribution < 1.29 is 38.1 Å². The number of hydrogen-bond acceptors (Lipinski definition) is 7. The van der Waals surface area contributed by atoms with Gasteiger partial charge in [-0.1, -0.05) is 66.7 Å². The van der Waals surface area contributed by atoms with Crippen LogP contribution in [0.1, 0.15) is 11.1 Å². The summed E-state index contributed by atoms with van der Waals surface area (Å²) in [5.41, 5.74) is 7.08. The molecule has 4 rings (SSSR count). The van der Waals surface area contributed by atoms with Crippen LogP contribution in [0.25, 0.3) is 12.2 Å². The van der Waals surface area contributed by atoms with Crippen LogP contribution in [0.3, 0.4) is 0 Å². The molecule has 0 spiro atoms. The van der Waals surface area contributed by atoms with E-state index < -0.39 is 54.9 Å². The van der Waals surface area contributed by atoms with Crippen molar-refractivity contribution in [1.82, 2.24) is 9.80 Å². The summed E-state index contributed by atoms with van der Waals surface area (Å²) in [6.07, 6.45) is -2.34. The minimum absolute atomic E-state index is 0.347. The lowest BCUT2D eigenvalue weighted by Gasteiger charge is -2.39. The number of allylic oxidation sites excluding steroid dienone is 1. The maximum absolute atomic E-state index is 14.9. The average molecular weight is 526 g/mol. The van der Waals surface area contributed by atoms with Gasteiger partial charge >= 0.3 is 12.0 Å². The maximum atomic E-state index is 14.9. The summed E-state index contributed by atoms with van der Waals surface area (Å²) in [5.74, 6) is -5.75. The summed E-state index contributed by atoms with van der Waals surface area (Å²) in [6.45, 7) is -0.952. The monoisotopic (exact) mass is 525 g/mol. The maximum Gasteiger partial charge on any atom is 0.334 e. The highest BCUT2D eigenvalue weighted by atomic mass is 19.3. The summed E-state index contributed by atoms with van der Waals surface area (Å²) in [4.78, 5) is 40.3. The molecule has 2 aliphatic heterocycles. The van der Waals surface area contributed by atoms with Crippen molar-refractivity contribution >= 4 is 29.9 Å². The fourth-order valence-corrected chi connectivity index (χ4v) is 4.04. The predicted octanol–water partition coefficient (Wildman–Crippen LogP) is 2.13. The number of benzene rings is 2. The number of aliphatic hydroxyl groups is 2. The zero-order chi connectivity index (χ0) is 27.4. The highest BCUT2D eigenvalue weighted by Crippen LogP contribution is 2.40. The molecule has 1 fully saturated rings. The Kier molecular flexibility index (Phi) is 7.93. The Labute approximate surface area is 216 Å². The molecule has 0 radical (unpaired) electrons. The minimum atomic E-state index is -4.04. The normalized spacial score (nSPS) is 25.3. The number of hydrogen-bond donors (Lipinski definition) is 3. The minimum Gasteiger partial charge on any atom is -0.394 e. The molecule has 2 heterocycles. The van der Waals surface area contributed by atoms with E-state index in [-0.39, 0.29) is 5.57 Å². The molecule has 2 aromatic rings. The van der Waals surface area contributed by atoms with Crippen molar-refractivity contribution in [3.63, 3.8) is 0 Å². The van der Waals surface area contributed by atoms with E-state index in [1.807, 2.05) is 0 Å². The van der Waals surface area contributed by atoms with Crippen molar-refractivity contribution in [3.05, 3.63) is 95.7 Å². The van der Waals surface area contributed by atoms with E-state index in [2.05, 4.69) is 0 Å². The fourth-order valence-electron chi connectivity index (χ4n) is 4.04. The Morgan fingerprint density at radius 1 is 1.00 bits per heavy atom. The summed E-state index contributed by atoms with van der Waals surface area (Å²) in [5, 5.41) is 19.3. The van der Waals surface area contributed by atoms with Gasteiger partial charge in [0.1, 0.15) is 12.3 Å². The van der Waals surface area contributed by atoms with E-state index in [1.165, 1.54) is 12.2 Å². The second-order valence-corrected chi connectivity index (χ2v) is 8.61. The van der Waals surface area contributed by atoms with Crippen LogP contribution in [0, 0.1) is 0 Å². The third kappa shape index (κ3) is 5.31. The summed E-state index contributed by atoms with van der Waals surface area (Å²) in [6, 6.07) is 16.0. The number of aliphatic hydroxyl groups excluding tert-OH is 2. The molecule has 11 heteroatoms. The largest absolute Gasteiger partial charge is 0.394 e. The number of carbonyl (C=O) groups excluding carboxylic acids is 3. The lowest BCUT2D eigenvalue weighted by atomic mass is 10.0. The molecule has 198 valence electrons. The molecular weight excluding hydrogens is 500 g/mol. The molecule has 0 aromatic heterocycles. The number of nitrogens with two attached hydrogens (primary N) is 1. The van der Waals surface area contributed by atoms with Crippen molar-refractivity contribution in [1.29, 1.82) is 0 Å². The first-order chi connectivity index (χ1) is 18.1. The zero-order valence-electron chi connectivity index (χ0n) is 19.9. The Hall–Kier alpha value is -4.03. The van der Waals surface area contributed by atoms with Crippen molar-refractivity contribution in [2.75, 3.05) is 6.61 Å². The van der Waals surface area contributed by atoms with E-state index in [1.54, 1.807) is 60.7 Å². The summed E-state index contributed by atoms with van der Waals surface area (Å²) >= 11 is 0. The summed E-state index contributed by atoms with van der Waals surface area (Å²) < 4.78 is 34.9. The van der Waals surface area contributed by atoms with Crippen LogP contribution in [0.15, 0.2) is 84.6 Å². The van der Waals surface area contributed by atoms with Gasteiger partial charge in [0, 0.05) is 12.3 Å². The number of amides is 3. The Morgan fingerprint density at radius 3 is 2.08 bits per heavy atom. The first-order valence-electron chi connectivity index (χ1n) is 11.6. The first kappa shape index (κ1) is 27.0. The van der Waals surface area contributed by atoms with Crippen LogP contribution >= 0.6 is 0 Å². The number of imide groups is 1. The Morgan fingerprint density at radius 2 is 1.55 bits per heavy atom. The molecule has 2 aliphatic rings. The molecule has 38 heavy (non-hydrogen) atoms. The quantitative estimate of drug-likeness (QED) is 0.472. The highest BCUT2D eigenvalue weighted by Gasteiger charge is 2.62. The zero-order valence-corrected chi connectivity index (χ0v) is 19.9. The van der Waals surface area contributed by atoms with E-state index in [0.717, 1.165) is 18.4 Å². The predicted molar refractivity (Wildman–Crippen MR) is 133 cm³/mol. The molecule has 3 amide bonds. The topological polar surface area (TPSA) is 133 Å². The number of alkyl halides is 2. The number of ketones is 1. The molecule has 2 aromatic carbocycles. The van der Waals surface area contributed by atoms with Gasteiger partial charge in [0.2, 0.25) is 6.23 Å². The van der Waals surface area contributed by atoms with Gasteiger partial charge in [-0.3, -0.25) is 14.5 Å². The number of ether oxygens (including phenoxy) is 1.